The van der Waals surface area contributed by atoms with E-state index in [0.717, 1.165) is 18.3 Å². The lowest BCUT2D eigenvalue weighted by Crippen LogP contribution is -2.29. The molecule has 0 aromatic heterocycles. The highest BCUT2D eigenvalue weighted by Crippen LogP contribution is 2.19. The average Bonchev–Trinajstić information content (AvgIpc) is 2.42. The summed E-state index contributed by atoms with van der Waals surface area (Å²) < 4.78 is 5.45. The Balaban J connectivity index is 1.69. The van der Waals surface area contributed by atoms with Crippen LogP contribution < -0.4 is 10.1 Å². The summed E-state index contributed by atoms with van der Waals surface area (Å²) in [6.45, 7) is 5.21. The van der Waals surface area contributed by atoms with E-state index in [0.29, 0.717) is 0 Å². The van der Waals surface area contributed by atoms with Crippen molar-refractivity contribution in [3.05, 3.63) is 29.8 Å². The molecule has 0 saturated carbocycles. The molecule has 1 aromatic carbocycles. The van der Waals surface area contributed by atoms with Gasteiger partial charge in [0.2, 0.25) is 0 Å². The van der Waals surface area contributed by atoms with E-state index >= 15 is 0 Å². The van der Waals surface area contributed by atoms with Gasteiger partial charge in [0, 0.05) is 0 Å². The molecule has 0 amide bonds. The van der Waals surface area contributed by atoms with Gasteiger partial charge in [0.15, 0.2) is 0 Å². The molecule has 0 radical (unpaired) electrons. The highest BCUT2D eigenvalue weighted by molar-refractivity contribution is 5.27. The maximum absolute atomic E-state index is 5.45. The molecule has 0 unspecified atom stereocenters. The van der Waals surface area contributed by atoms with Crippen molar-refractivity contribution in [3.63, 3.8) is 0 Å². The van der Waals surface area contributed by atoms with Crippen LogP contribution >= 0.6 is 0 Å². The van der Waals surface area contributed by atoms with Crippen LogP contribution in [0.5, 0.6) is 5.75 Å². The molecule has 0 bridgehead atoms. The molecule has 0 spiro atoms. The van der Waals surface area contributed by atoms with Crippen LogP contribution in [-0.4, -0.2) is 19.7 Å². The second kappa shape index (κ2) is 7.42. The van der Waals surface area contributed by atoms with Gasteiger partial charge in [-0.15, -0.1) is 0 Å². The Morgan fingerprint density at radius 1 is 1.28 bits per heavy atom. The van der Waals surface area contributed by atoms with Crippen molar-refractivity contribution in [2.45, 2.75) is 39.0 Å². The van der Waals surface area contributed by atoms with E-state index in [-0.39, 0.29) is 0 Å². The number of benzene rings is 1. The average molecular weight is 247 g/mol. The molecule has 1 atom stereocenters. The molecule has 100 valence electrons. The van der Waals surface area contributed by atoms with E-state index in [9.17, 15) is 0 Å². The largest absolute Gasteiger partial charge is 0.494 e. The minimum Gasteiger partial charge on any atom is -0.494 e. The molecular formula is C16H25NO. The monoisotopic (exact) mass is 247 g/mol. The summed E-state index contributed by atoms with van der Waals surface area (Å²) in [4.78, 5) is 0. The van der Waals surface area contributed by atoms with Gasteiger partial charge in [0.1, 0.15) is 5.75 Å². The first kappa shape index (κ1) is 13.4. The minimum absolute atomic E-state index is 0.744. The number of rotatable bonds is 6. The standard InChI is InChI=1S/C16H25NO/c1-2-18-16-10-8-14(9-11-16)5-3-6-15-7-4-12-17-13-15/h8-11,15,17H,2-7,12-13H2,1H3/t15-/m0/s1. The van der Waals surface area contributed by atoms with Gasteiger partial charge >= 0.3 is 0 Å². The van der Waals surface area contributed by atoms with E-state index in [4.69, 9.17) is 4.74 Å². The summed E-state index contributed by atoms with van der Waals surface area (Å²) in [5.41, 5.74) is 1.43. The van der Waals surface area contributed by atoms with E-state index in [1.807, 2.05) is 6.92 Å². The lowest BCUT2D eigenvalue weighted by Gasteiger charge is -2.22. The summed E-state index contributed by atoms with van der Waals surface area (Å²) >= 11 is 0. The quantitative estimate of drug-likeness (QED) is 0.832. The third-order valence-corrected chi connectivity index (χ3v) is 3.71. The van der Waals surface area contributed by atoms with Gasteiger partial charge in [0.25, 0.3) is 0 Å². The van der Waals surface area contributed by atoms with Crippen molar-refractivity contribution in [1.29, 1.82) is 0 Å². The number of hydrogen-bond donors (Lipinski definition) is 1. The number of piperidine rings is 1. The van der Waals surface area contributed by atoms with E-state index in [1.165, 1.54) is 50.8 Å². The lowest BCUT2D eigenvalue weighted by molar-refractivity contribution is 0.340. The van der Waals surface area contributed by atoms with Crippen LogP contribution in [0.2, 0.25) is 0 Å². The topological polar surface area (TPSA) is 21.3 Å². The second-order valence-corrected chi connectivity index (χ2v) is 5.18. The second-order valence-electron chi connectivity index (χ2n) is 5.18. The molecule has 1 aliphatic heterocycles. The molecule has 18 heavy (non-hydrogen) atoms. The van der Waals surface area contributed by atoms with Crippen LogP contribution in [0, 0.1) is 5.92 Å². The Morgan fingerprint density at radius 3 is 2.78 bits per heavy atom. The minimum atomic E-state index is 0.744. The Bertz CT molecular complexity index is 327. The van der Waals surface area contributed by atoms with Crippen molar-refractivity contribution < 1.29 is 4.74 Å². The smallest absolute Gasteiger partial charge is 0.119 e. The molecule has 1 aliphatic rings. The summed E-state index contributed by atoms with van der Waals surface area (Å²) in [5, 5.41) is 3.49. The van der Waals surface area contributed by atoms with Crippen LogP contribution in [0.1, 0.15) is 38.2 Å². The zero-order valence-corrected chi connectivity index (χ0v) is 11.5. The first-order valence-corrected chi connectivity index (χ1v) is 7.31. The molecule has 1 saturated heterocycles. The maximum Gasteiger partial charge on any atom is 0.119 e. The van der Waals surface area contributed by atoms with Crippen molar-refractivity contribution in [2.75, 3.05) is 19.7 Å². The Morgan fingerprint density at radius 2 is 2.11 bits per heavy atom. The fourth-order valence-corrected chi connectivity index (χ4v) is 2.68. The van der Waals surface area contributed by atoms with Crippen LogP contribution in [0.15, 0.2) is 24.3 Å². The zero-order chi connectivity index (χ0) is 12.6. The molecule has 2 heteroatoms. The van der Waals surface area contributed by atoms with Crippen LogP contribution in [0.25, 0.3) is 0 Å². The lowest BCUT2D eigenvalue weighted by atomic mass is 9.93. The number of hydrogen-bond acceptors (Lipinski definition) is 2. The highest BCUT2D eigenvalue weighted by atomic mass is 16.5. The van der Waals surface area contributed by atoms with E-state index in [2.05, 4.69) is 29.6 Å². The van der Waals surface area contributed by atoms with Gasteiger partial charge in [-0.3, -0.25) is 0 Å². The Hall–Kier alpha value is -1.02. The molecule has 1 heterocycles. The van der Waals surface area contributed by atoms with Gasteiger partial charge in [0.05, 0.1) is 6.61 Å². The SMILES string of the molecule is CCOc1ccc(CCC[C@H]2CCCNC2)cc1. The van der Waals surface area contributed by atoms with Crippen LogP contribution in [0.4, 0.5) is 0 Å². The number of aryl methyl sites for hydroxylation is 1. The van der Waals surface area contributed by atoms with Gasteiger partial charge in [-0.1, -0.05) is 12.1 Å². The molecule has 1 N–H and O–H groups in total. The van der Waals surface area contributed by atoms with E-state index < -0.39 is 0 Å². The molecule has 1 fully saturated rings. The predicted octanol–water partition coefficient (Wildman–Crippen LogP) is 3.41. The van der Waals surface area contributed by atoms with Crippen molar-refractivity contribution >= 4 is 0 Å². The summed E-state index contributed by atoms with van der Waals surface area (Å²) in [5.74, 6) is 1.89. The van der Waals surface area contributed by atoms with Crippen molar-refractivity contribution in [3.8, 4) is 5.75 Å². The number of ether oxygens (including phenoxy) is 1. The molecule has 2 rings (SSSR count). The third-order valence-electron chi connectivity index (χ3n) is 3.71. The molecular weight excluding hydrogens is 222 g/mol. The van der Waals surface area contributed by atoms with Gasteiger partial charge in [-0.25, -0.2) is 0 Å². The Labute approximate surface area is 111 Å². The van der Waals surface area contributed by atoms with Crippen molar-refractivity contribution in [2.24, 2.45) is 5.92 Å². The van der Waals surface area contributed by atoms with Crippen molar-refractivity contribution in [1.82, 2.24) is 5.32 Å². The first-order chi connectivity index (χ1) is 8.88. The van der Waals surface area contributed by atoms with Crippen LogP contribution in [0.3, 0.4) is 0 Å². The molecule has 2 nitrogen and oxygen atoms in total. The maximum atomic E-state index is 5.45. The normalized spacial score (nSPS) is 19.7. The predicted molar refractivity (Wildman–Crippen MR) is 76.1 cm³/mol. The Kier molecular flexibility index (Phi) is 5.53. The van der Waals surface area contributed by atoms with Gasteiger partial charge < -0.3 is 10.1 Å². The number of nitrogens with one attached hydrogen (secondary N) is 1. The highest BCUT2D eigenvalue weighted by Gasteiger charge is 2.11. The van der Waals surface area contributed by atoms with Crippen LogP contribution in [-0.2, 0) is 6.42 Å². The van der Waals surface area contributed by atoms with Gasteiger partial charge in [-0.2, -0.15) is 0 Å². The zero-order valence-electron chi connectivity index (χ0n) is 11.5. The fourth-order valence-electron chi connectivity index (χ4n) is 2.68. The summed E-state index contributed by atoms with van der Waals surface area (Å²) in [6, 6.07) is 8.57. The third kappa shape index (κ3) is 4.34. The fraction of sp³-hybridized carbons (Fsp3) is 0.625. The molecule has 1 aromatic rings. The first-order valence-electron chi connectivity index (χ1n) is 7.31. The van der Waals surface area contributed by atoms with E-state index in [1.54, 1.807) is 0 Å². The summed E-state index contributed by atoms with van der Waals surface area (Å²) in [6.07, 6.45) is 6.63. The van der Waals surface area contributed by atoms with Gasteiger partial charge in [-0.05, 0) is 75.7 Å². The molecule has 0 aliphatic carbocycles. The summed E-state index contributed by atoms with van der Waals surface area (Å²) in [7, 11) is 0.